The lowest BCUT2D eigenvalue weighted by molar-refractivity contribution is -0.253. The van der Waals surface area contributed by atoms with Crippen LogP contribution in [0.5, 0.6) is 0 Å². The zero-order valence-corrected chi connectivity index (χ0v) is 5.66. The SMILES string of the molecule is COC(CCOO)OC. The Morgan fingerprint density at radius 2 is 1.89 bits per heavy atom. The van der Waals surface area contributed by atoms with E-state index in [-0.39, 0.29) is 12.9 Å². The summed E-state index contributed by atoms with van der Waals surface area (Å²) in [4.78, 5) is 3.82. The van der Waals surface area contributed by atoms with Gasteiger partial charge in [-0.1, -0.05) is 0 Å². The molecule has 0 saturated heterocycles. The van der Waals surface area contributed by atoms with E-state index in [1.165, 1.54) is 14.2 Å². The summed E-state index contributed by atoms with van der Waals surface area (Å²) in [6, 6.07) is 0. The molecule has 0 radical (unpaired) electrons. The molecule has 56 valence electrons. The van der Waals surface area contributed by atoms with Crippen LogP contribution in [-0.2, 0) is 14.4 Å². The van der Waals surface area contributed by atoms with Gasteiger partial charge in [-0.2, -0.15) is 0 Å². The summed E-state index contributed by atoms with van der Waals surface area (Å²) < 4.78 is 9.58. The first-order valence-electron chi connectivity index (χ1n) is 2.67. The Bertz CT molecular complexity index is 52.9. The van der Waals surface area contributed by atoms with Gasteiger partial charge in [0, 0.05) is 20.6 Å². The fraction of sp³-hybridized carbons (Fsp3) is 1.00. The monoisotopic (exact) mass is 136 g/mol. The highest BCUT2D eigenvalue weighted by atomic mass is 17.1. The molecule has 0 fully saturated rings. The molecule has 0 aliphatic heterocycles. The lowest BCUT2D eigenvalue weighted by atomic mass is 10.4. The van der Waals surface area contributed by atoms with Crippen LogP contribution in [0.2, 0.25) is 0 Å². The fourth-order valence-corrected chi connectivity index (χ4v) is 0.481. The van der Waals surface area contributed by atoms with E-state index in [0.29, 0.717) is 6.42 Å². The van der Waals surface area contributed by atoms with Gasteiger partial charge in [0.15, 0.2) is 6.29 Å². The molecule has 0 rings (SSSR count). The normalized spacial score (nSPS) is 10.7. The van der Waals surface area contributed by atoms with Gasteiger partial charge in [0.2, 0.25) is 0 Å². The van der Waals surface area contributed by atoms with Crippen molar-refractivity contribution in [3.05, 3.63) is 0 Å². The molecule has 0 aliphatic carbocycles. The summed E-state index contributed by atoms with van der Waals surface area (Å²) in [6.45, 7) is 0.229. The quantitative estimate of drug-likeness (QED) is 0.339. The van der Waals surface area contributed by atoms with Gasteiger partial charge in [-0.15, -0.1) is 0 Å². The second-order valence-electron chi connectivity index (χ2n) is 1.52. The second kappa shape index (κ2) is 5.97. The van der Waals surface area contributed by atoms with Crippen molar-refractivity contribution in [3.63, 3.8) is 0 Å². The minimum atomic E-state index is -0.280. The Morgan fingerprint density at radius 3 is 2.22 bits per heavy atom. The van der Waals surface area contributed by atoms with Crippen LogP contribution in [0.25, 0.3) is 0 Å². The van der Waals surface area contributed by atoms with Crippen LogP contribution >= 0.6 is 0 Å². The maximum absolute atomic E-state index is 7.90. The highest BCUT2D eigenvalue weighted by Crippen LogP contribution is 1.96. The number of methoxy groups -OCH3 is 2. The molecule has 0 bridgehead atoms. The van der Waals surface area contributed by atoms with E-state index in [1.807, 2.05) is 0 Å². The number of hydrogen-bond acceptors (Lipinski definition) is 4. The van der Waals surface area contributed by atoms with Gasteiger partial charge in [0.05, 0.1) is 6.61 Å². The van der Waals surface area contributed by atoms with Crippen molar-refractivity contribution < 1.29 is 19.6 Å². The predicted octanol–water partition coefficient (Wildman–Crippen LogP) is 0.485. The van der Waals surface area contributed by atoms with Crippen LogP contribution in [0.1, 0.15) is 6.42 Å². The molecule has 0 aliphatic rings. The van der Waals surface area contributed by atoms with Crippen molar-refractivity contribution in [2.75, 3.05) is 20.8 Å². The lowest BCUT2D eigenvalue weighted by Gasteiger charge is -2.10. The zero-order valence-electron chi connectivity index (χ0n) is 5.66. The van der Waals surface area contributed by atoms with Gasteiger partial charge in [-0.3, -0.25) is 5.26 Å². The van der Waals surface area contributed by atoms with Gasteiger partial charge >= 0.3 is 0 Å². The van der Waals surface area contributed by atoms with Crippen LogP contribution in [0.4, 0.5) is 0 Å². The molecular formula is C5H12O4. The molecule has 9 heavy (non-hydrogen) atoms. The lowest BCUT2D eigenvalue weighted by Crippen LogP contribution is -2.14. The van der Waals surface area contributed by atoms with Gasteiger partial charge in [0.1, 0.15) is 0 Å². The van der Waals surface area contributed by atoms with Crippen molar-refractivity contribution in [2.45, 2.75) is 12.7 Å². The van der Waals surface area contributed by atoms with Crippen molar-refractivity contribution >= 4 is 0 Å². The van der Waals surface area contributed by atoms with E-state index in [2.05, 4.69) is 4.89 Å². The van der Waals surface area contributed by atoms with Crippen molar-refractivity contribution in [1.29, 1.82) is 0 Å². The molecule has 0 saturated carbocycles. The predicted molar refractivity (Wildman–Crippen MR) is 31.0 cm³/mol. The Labute approximate surface area is 54.3 Å². The Morgan fingerprint density at radius 1 is 1.33 bits per heavy atom. The van der Waals surface area contributed by atoms with Gasteiger partial charge in [-0.25, -0.2) is 4.89 Å². The van der Waals surface area contributed by atoms with E-state index in [0.717, 1.165) is 0 Å². The highest BCUT2D eigenvalue weighted by molar-refractivity contribution is 4.38. The molecule has 4 heteroatoms. The van der Waals surface area contributed by atoms with E-state index in [1.54, 1.807) is 0 Å². The first-order valence-corrected chi connectivity index (χ1v) is 2.67. The molecule has 0 aromatic heterocycles. The van der Waals surface area contributed by atoms with Crippen LogP contribution in [0, 0.1) is 0 Å². The van der Waals surface area contributed by atoms with Crippen LogP contribution in [0.15, 0.2) is 0 Å². The molecule has 0 unspecified atom stereocenters. The molecule has 0 aromatic rings. The third kappa shape index (κ3) is 4.35. The average Bonchev–Trinajstić information content (AvgIpc) is 1.91. The minimum Gasteiger partial charge on any atom is -0.356 e. The third-order valence-corrected chi connectivity index (χ3v) is 0.971. The second-order valence-corrected chi connectivity index (χ2v) is 1.52. The van der Waals surface area contributed by atoms with Crippen molar-refractivity contribution in [2.24, 2.45) is 0 Å². The largest absolute Gasteiger partial charge is 0.356 e. The van der Waals surface area contributed by atoms with E-state index in [9.17, 15) is 0 Å². The maximum atomic E-state index is 7.90. The van der Waals surface area contributed by atoms with Gasteiger partial charge in [-0.05, 0) is 0 Å². The number of ether oxygens (including phenoxy) is 2. The summed E-state index contributed by atoms with van der Waals surface area (Å²) in [5.74, 6) is 0. The summed E-state index contributed by atoms with van der Waals surface area (Å²) in [5, 5.41) is 7.90. The average molecular weight is 136 g/mol. The highest BCUT2D eigenvalue weighted by Gasteiger charge is 2.02. The first-order chi connectivity index (χ1) is 4.35. The standard InChI is InChI=1S/C5H12O4/c1-7-5(8-2)3-4-9-6/h5-6H,3-4H2,1-2H3. The van der Waals surface area contributed by atoms with Crippen LogP contribution in [-0.4, -0.2) is 32.4 Å². The van der Waals surface area contributed by atoms with Crippen molar-refractivity contribution in [3.8, 4) is 0 Å². The Kier molecular flexibility index (Phi) is 5.86. The fourth-order valence-electron chi connectivity index (χ4n) is 0.481. The third-order valence-electron chi connectivity index (χ3n) is 0.971. The Balaban J connectivity index is 3.09. The molecular weight excluding hydrogens is 124 g/mol. The molecule has 4 nitrogen and oxygen atoms in total. The maximum Gasteiger partial charge on any atom is 0.159 e. The molecule has 1 N–H and O–H groups in total. The summed E-state index contributed by atoms with van der Waals surface area (Å²) in [6.07, 6.45) is 0.251. The van der Waals surface area contributed by atoms with E-state index < -0.39 is 0 Å². The first kappa shape index (κ1) is 8.84. The topological polar surface area (TPSA) is 47.9 Å². The molecule has 0 amide bonds. The molecule has 0 aromatic carbocycles. The number of hydrogen-bond donors (Lipinski definition) is 1. The van der Waals surface area contributed by atoms with Gasteiger partial charge < -0.3 is 9.47 Å². The summed E-state index contributed by atoms with van der Waals surface area (Å²) in [5.41, 5.74) is 0. The Hall–Kier alpha value is -0.160. The minimum absolute atomic E-state index is 0.229. The molecule has 0 heterocycles. The van der Waals surface area contributed by atoms with Gasteiger partial charge in [0.25, 0.3) is 0 Å². The number of rotatable bonds is 5. The zero-order chi connectivity index (χ0) is 7.11. The summed E-state index contributed by atoms with van der Waals surface area (Å²) in [7, 11) is 3.07. The summed E-state index contributed by atoms with van der Waals surface area (Å²) >= 11 is 0. The van der Waals surface area contributed by atoms with E-state index >= 15 is 0 Å². The molecule has 0 spiro atoms. The van der Waals surface area contributed by atoms with E-state index in [4.69, 9.17) is 14.7 Å². The van der Waals surface area contributed by atoms with Crippen molar-refractivity contribution in [1.82, 2.24) is 0 Å². The van der Waals surface area contributed by atoms with Crippen LogP contribution in [0.3, 0.4) is 0 Å². The molecule has 0 atom stereocenters. The van der Waals surface area contributed by atoms with Crippen LogP contribution < -0.4 is 0 Å². The smallest absolute Gasteiger partial charge is 0.159 e.